The SMILES string of the molecule is c1cc2c3c(c1)C1=C(CCNCC1)C3CCO2. The highest BCUT2D eigenvalue weighted by Gasteiger charge is 2.35. The minimum Gasteiger partial charge on any atom is -0.493 e. The lowest BCUT2D eigenvalue weighted by Crippen LogP contribution is -2.18. The highest BCUT2D eigenvalue weighted by molar-refractivity contribution is 5.81. The molecule has 0 saturated heterocycles. The average molecular weight is 227 g/mol. The third-order valence-electron chi connectivity index (χ3n) is 4.33. The van der Waals surface area contributed by atoms with Crippen molar-refractivity contribution in [1.82, 2.24) is 5.32 Å². The summed E-state index contributed by atoms with van der Waals surface area (Å²) < 4.78 is 5.81. The molecule has 1 atom stereocenters. The molecule has 1 N–H and O–H groups in total. The highest BCUT2D eigenvalue weighted by atomic mass is 16.5. The molecule has 0 bridgehead atoms. The lowest BCUT2D eigenvalue weighted by Gasteiger charge is -2.25. The van der Waals surface area contributed by atoms with Crippen molar-refractivity contribution in [1.29, 1.82) is 0 Å². The number of fused-ring (bicyclic) bond motifs is 2. The lowest BCUT2D eigenvalue weighted by atomic mass is 9.89. The van der Waals surface area contributed by atoms with E-state index in [0.717, 1.165) is 25.4 Å². The number of rotatable bonds is 0. The summed E-state index contributed by atoms with van der Waals surface area (Å²) in [6.07, 6.45) is 3.57. The van der Waals surface area contributed by atoms with Gasteiger partial charge < -0.3 is 10.1 Å². The maximum absolute atomic E-state index is 5.81. The van der Waals surface area contributed by atoms with Crippen molar-refractivity contribution < 1.29 is 4.74 Å². The zero-order chi connectivity index (χ0) is 11.2. The average Bonchev–Trinajstić information content (AvgIpc) is 2.55. The van der Waals surface area contributed by atoms with Gasteiger partial charge >= 0.3 is 0 Å². The van der Waals surface area contributed by atoms with Crippen LogP contribution < -0.4 is 10.1 Å². The fraction of sp³-hybridized carbons (Fsp3) is 0.467. The highest BCUT2D eigenvalue weighted by Crippen LogP contribution is 2.52. The molecule has 2 heterocycles. The molecule has 1 aliphatic carbocycles. The van der Waals surface area contributed by atoms with E-state index in [9.17, 15) is 0 Å². The van der Waals surface area contributed by atoms with Crippen molar-refractivity contribution in [3.05, 3.63) is 34.9 Å². The van der Waals surface area contributed by atoms with Gasteiger partial charge in [-0.2, -0.15) is 0 Å². The second-order valence-electron chi connectivity index (χ2n) is 5.16. The topological polar surface area (TPSA) is 21.3 Å². The van der Waals surface area contributed by atoms with Gasteiger partial charge in [0, 0.05) is 11.5 Å². The van der Waals surface area contributed by atoms with Crippen molar-refractivity contribution in [2.24, 2.45) is 0 Å². The Kier molecular flexibility index (Phi) is 2.06. The van der Waals surface area contributed by atoms with Crippen LogP contribution in [0.15, 0.2) is 23.8 Å². The van der Waals surface area contributed by atoms with Crippen LogP contribution >= 0.6 is 0 Å². The zero-order valence-corrected chi connectivity index (χ0v) is 9.96. The van der Waals surface area contributed by atoms with E-state index >= 15 is 0 Å². The summed E-state index contributed by atoms with van der Waals surface area (Å²) in [6, 6.07) is 6.56. The summed E-state index contributed by atoms with van der Waals surface area (Å²) >= 11 is 0. The van der Waals surface area contributed by atoms with E-state index in [2.05, 4.69) is 23.5 Å². The molecule has 1 unspecified atom stereocenters. The van der Waals surface area contributed by atoms with E-state index in [1.54, 1.807) is 11.1 Å². The Bertz CT molecular complexity index is 504. The first-order valence-corrected chi connectivity index (χ1v) is 6.64. The number of nitrogens with one attached hydrogen (secondary N) is 1. The van der Waals surface area contributed by atoms with Gasteiger partial charge in [0.2, 0.25) is 0 Å². The van der Waals surface area contributed by atoms with Gasteiger partial charge in [0.05, 0.1) is 6.61 Å². The molecule has 2 heteroatoms. The van der Waals surface area contributed by atoms with Crippen molar-refractivity contribution in [3.63, 3.8) is 0 Å². The Hall–Kier alpha value is -1.28. The Morgan fingerprint density at radius 1 is 1.18 bits per heavy atom. The van der Waals surface area contributed by atoms with Gasteiger partial charge in [-0.25, -0.2) is 0 Å². The normalized spacial score (nSPS) is 26.0. The van der Waals surface area contributed by atoms with E-state index in [0.29, 0.717) is 5.92 Å². The Balaban J connectivity index is 1.92. The molecule has 1 aromatic rings. The molecule has 2 nitrogen and oxygen atoms in total. The van der Waals surface area contributed by atoms with Crippen molar-refractivity contribution in [2.45, 2.75) is 25.2 Å². The molecule has 0 spiro atoms. The molecule has 0 saturated carbocycles. The van der Waals surface area contributed by atoms with Crippen molar-refractivity contribution in [2.75, 3.05) is 19.7 Å². The van der Waals surface area contributed by atoms with Crippen LogP contribution in [-0.4, -0.2) is 19.7 Å². The minimum absolute atomic E-state index is 0.657. The van der Waals surface area contributed by atoms with E-state index in [4.69, 9.17) is 4.74 Å². The van der Waals surface area contributed by atoms with Gasteiger partial charge in [-0.05, 0) is 49.6 Å². The van der Waals surface area contributed by atoms with Gasteiger partial charge in [-0.1, -0.05) is 17.7 Å². The molecule has 0 radical (unpaired) electrons. The molecule has 2 aliphatic heterocycles. The number of hydrogen-bond acceptors (Lipinski definition) is 2. The van der Waals surface area contributed by atoms with Crippen molar-refractivity contribution in [3.8, 4) is 5.75 Å². The summed E-state index contributed by atoms with van der Waals surface area (Å²) in [6.45, 7) is 3.14. The first kappa shape index (κ1) is 9.72. The number of hydrogen-bond donors (Lipinski definition) is 1. The van der Waals surface area contributed by atoms with Gasteiger partial charge in [0.15, 0.2) is 0 Å². The van der Waals surface area contributed by atoms with Crippen LogP contribution in [0.1, 0.15) is 36.3 Å². The molecule has 0 aromatic heterocycles. The van der Waals surface area contributed by atoms with Gasteiger partial charge in [0.1, 0.15) is 5.75 Å². The van der Waals surface area contributed by atoms with Gasteiger partial charge in [-0.3, -0.25) is 0 Å². The molecule has 88 valence electrons. The third kappa shape index (κ3) is 1.31. The predicted molar refractivity (Wildman–Crippen MR) is 68.3 cm³/mol. The van der Waals surface area contributed by atoms with Crippen LogP contribution in [-0.2, 0) is 0 Å². The van der Waals surface area contributed by atoms with E-state index in [1.165, 1.54) is 30.4 Å². The summed E-state index contributed by atoms with van der Waals surface area (Å²) in [5.74, 6) is 1.80. The standard InChI is InChI=1S/C15H17NO/c1-2-12-10-4-7-16-8-5-11(10)13-6-9-17-14(3-1)15(12)13/h1-3,13,16H,4-9H2. The third-order valence-corrected chi connectivity index (χ3v) is 4.33. The number of ether oxygens (including phenoxy) is 1. The maximum atomic E-state index is 5.81. The smallest absolute Gasteiger partial charge is 0.123 e. The van der Waals surface area contributed by atoms with Crippen LogP contribution in [0.3, 0.4) is 0 Å². The van der Waals surface area contributed by atoms with Crippen LogP contribution in [0.5, 0.6) is 5.75 Å². The minimum atomic E-state index is 0.657. The van der Waals surface area contributed by atoms with Crippen molar-refractivity contribution >= 4 is 5.57 Å². The van der Waals surface area contributed by atoms with Crippen LogP contribution in [0.25, 0.3) is 5.57 Å². The number of benzene rings is 1. The summed E-state index contributed by atoms with van der Waals surface area (Å²) in [4.78, 5) is 0. The molecule has 0 amide bonds. The summed E-state index contributed by atoms with van der Waals surface area (Å²) in [5.41, 5.74) is 6.28. The van der Waals surface area contributed by atoms with Crippen LogP contribution in [0, 0.1) is 0 Å². The Morgan fingerprint density at radius 3 is 3.12 bits per heavy atom. The molecule has 0 fully saturated rings. The molecule has 3 aliphatic rings. The Morgan fingerprint density at radius 2 is 2.12 bits per heavy atom. The second-order valence-corrected chi connectivity index (χ2v) is 5.16. The van der Waals surface area contributed by atoms with E-state index < -0.39 is 0 Å². The fourth-order valence-corrected chi connectivity index (χ4v) is 3.64. The maximum Gasteiger partial charge on any atom is 0.123 e. The zero-order valence-electron chi connectivity index (χ0n) is 9.96. The summed E-state index contributed by atoms with van der Waals surface area (Å²) in [5, 5.41) is 3.51. The molecule has 4 rings (SSSR count). The molecule has 1 aromatic carbocycles. The first-order chi connectivity index (χ1) is 8.45. The molecule has 17 heavy (non-hydrogen) atoms. The quantitative estimate of drug-likeness (QED) is 0.735. The summed E-state index contributed by atoms with van der Waals surface area (Å²) in [7, 11) is 0. The van der Waals surface area contributed by atoms with Crippen LogP contribution in [0.2, 0.25) is 0 Å². The largest absolute Gasteiger partial charge is 0.493 e. The fourth-order valence-electron chi connectivity index (χ4n) is 3.64. The van der Waals surface area contributed by atoms with Crippen LogP contribution in [0.4, 0.5) is 0 Å². The molecular weight excluding hydrogens is 210 g/mol. The van der Waals surface area contributed by atoms with Gasteiger partial charge in [-0.15, -0.1) is 0 Å². The Labute approximate surface area is 102 Å². The second kappa shape index (κ2) is 3.61. The van der Waals surface area contributed by atoms with Gasteiger partial charge in [0.25, 0.3) is 0 Å². The van der Waals surface area contributed by atoms with E-state index in [-0.39, 0.29) is 0 Å². The van der Waals surface area contributed by atoms with E-state index in [1.807, 2.05) is 0 Å². The predicted octanol–water partition coefficient (Wildman–Crippen LogP) is 2.70. The lowest BCUT2D eigenvalue weighted by molar-refractivity contribution is 0.276. The molecular formula is C15H17NO. The monoisotopic (exact) mass is 227 g/mol. The first-order valence-electron chi connectivity index (χ1n) is 6.64.